The number of hydrogen-bond acceptors (Lipinski definition) is 4. The number of nitrogen functional groups attached to an aromatic ring is 1. The normalized spacial score (nSPS) is 10.1. The predicted molar refractivity (Wildman–Crippen MR) is 79.2 cm³/mol. The first kappa shape index (κ1) is 13.8. The molecule has 2 aromatic rings. The number of aromatic nitrogens is 1. The number of hydrazine groups is 1. The summed E-state index contributed by atoms with van der Waals surface area (Å²) in [5, 5.41) is 3.25. The number of carbonyl (C=O) groups is 1. The molecule has 0 saturated carbocycles. The quantitative estimate of drug-likeness (QED) is 0.592. The summed E-state index contributed by atoms with van der Waals surface area (Å²) < 4.78 is 0.764. The number of halogens is 2. The number of benzene rings is 1. The van der Waals surface area contributed by atoms with Gasteiger partial charge in [-0.1, -0.05) is 11.6 Å². The molecule has 0 atom stereocenters. The first-order valence-electron chi connectivity index (χ1n) is 5.29. The maximum atomic E-state index is 12.1. The van der Waals surface area contributed by atoms with Crippen molar-refractivity contribution < 1.29 is 4.79 Å². The number of pyridine rings is 1. The van der Waals surface area contributed by atoms with Gasteiger partial charge in [0.15, 0.2) is 0 Å². The summed E-state index contributed by atoms with van der Waals surface area (Å²) in [6.45, 7) is 0. The zero-order valence-electron chi connectivity index (χ0n) is 9.65. The summed E-state index contributed by atoms with van der Waals surface area (Å²) in [6, 6.07) is 6.72. The second kappa shape index (κ2) is 6.01. The van der Waals surface area contributed by atoms with E-state index >= 15 is 0 Å². The monoisotopic (exact) mass is 340 g/mol. The molecule has 1 aromatic carbocycles. The highest BCUT2D eigenvalue weighted by Gasteiger charge is 2.11. The molecule has 98 valence electrons. The van der Waals surface area contributed by atoms with Crippen LogP contribution in [0, 0.1) is 0 Å². The van der Waals surface area contributed by atoms with Crippen molar-refractivity contribution in [2.75, 3.05) is 10.7 Å². The maximum absolute atomic E-state index is 12.1. The van der Waals surface area contributed by atoms with Gasteiger partial charge in [0.2, 0.25) is 0 Å². The number of anilines is 2. The maximum Gasteiger partial charge on any atom is 0.257 e. The lowest BCUT2D eigenvalue weighted by Gasteiger charge is -2.09. The zero-order valence-corrected chi connectivity index (χ0v) is 12.0. The van der Waals surface area contributed by atoms with Gasteiger partial charge < -0.3 is 10.7 Å². The van der Waals surface area contributed by atoms with E-state index in [1.54, 1.807) is 24.3 Å². The lowest BCUT2D eigenvalue weighted by atomic mass is 10.2. The van der Waals surface area contributed by atoms with E-state index in [1.807, 2.05) is 0 Å². The van der Waals surface area contributed by atoms with E-state index in [4.69, 9.17) is 17.4 Å². The van der Waals surface area contributed by atoms with Gasteiger partial charge in [0.05, 0.1) is 22.5 Å². The molecule has 7 heteroatoms. The van der Waals surface area contributed by atoms with Crippen molar-refractivity contribution in [3.63, 3.8) is 0 Å². The predicted octanol–water partition coefficient (Wildman–Crippen LogP) is 3.04. The molecule has 0 fully saturated rings. The minimum Gasteiger partial charge on any atom is -0.322 e. The fraction of sp³-hybridized carbons (Fsp3) is 0. The standard InChI is InChI=1S/C12H10BrClN4O/c13-9-2-1-7(5-10(9)14)17-12(19)8-3-4-16-6-11(8)18-15/h1-6,18H,15H2,(H,17,19). The molecule has 1 aromatic heterocycles. The molecule has 1 amide bonds. The summed E-state index contributed by atoms with van der Waals surface area (Å²) in [4.78, 5) is 16.0. The van der Waals surface area contributed by atoms with Gasteiger partial charge in [0.1, 0.15) is 0 Å². The van der Waals surface area contributed by atoms with Crippen LogP contribution in [-0.2, 0) is 0 Å². The van der Waals surface area contributed by atoms with Crippen LogP contribution in [0.4, 0.5) is 11.4 Å². The van der Waals surface area contributed by atoms with Gasteiger partial charge in [0.25, 0.3) is 5.91 Å². The highest BCUT2D eigenvalue weighted by Crippen LogP contribution is 2.26. The summed E-state index contributed by atoms with van der Waals surface area (Å²) in [5.74, 6) is 5.03. The van der Waals surface area contributed by atoms with Crippen molar-refractivity contribution in [1.29, 1.82) is 0 Å². The number of nitrogens with zero attached hydrogens (tertiary/aromatic N) is 1. The SMILES string of the molecule is NNc1cnccc1C(=O)Nc1ccc(Br)c(Cl)c1. The van der Waals surface area contributed by atoms with E-state index in [0.717, 1.165) is 4.47 Å². The van der Waals surface area contributed by atoms with Crippen LogP contribution >= 0.6 is 27.5 Å². The van der Waals surface area contributed by atoms with Crippen LogP contribution in [0.1, 0.15) is 10.4 Å². The molecule has 0 unspecified atom stereocenters. The lowest BCUT2D eigenvalue weighted by molar-refractivity contribution is 0.102. The Morgan fingerprint density at radius 1 is 1.37 bits per heavy atom. The van der Waals surface area contributed by atoms with E-state index < -0.39 is 0 Å². The Hall–Kier alpha value is -1.63. The van der Waals surface area contributed by atoms with E-state index in [0.29, 0.717) is 22.0 Å². The number of amides is 1. The van der Waals surface area contributed by atoms with Gasteiger partial charge in [0, 0.05) is 16.4 Å². The molecule has 0 radical (unpaired) electrons. The Balaban J connectivity index is 2.23. The van der Waals surface area contributed by atoms with E-state index in [-0.39, 0.29) is 5.91 Å². The molecule has 0 bridgehead atoms. The summed E-state index contributed by atoms with van der Waals surface area (Å²) in [7, 11) is 0. The molecule has 0 aliphatic rings. The number of rotatable bonds is 3. The molecule has 2 rings (SSSR count). The lowest BCUT2D eigenvalue weighted by Crippen LogP contribution is -2.17. The van der Waals surface area contributed by atoms with Crippen molar-refractivity contribution in [1.82, 2.24) is 4.98 Å². The van der Waals surface area contributed by atoms with E-state index in [2.05, 4.69) is 31.7 Å². The van der Waals surface area contributed by atoms with Crippen LogP contribution in [0.5, 0.6) is 0 Å². The summed E-state index contributed by atoms with van der Waals surface area (Å²) in [6.07, 6.45) is 2.99. The fourth-order valence-electron chi connectivity index (χ4n) is 1.48. The molecule has 0 saturated heterocycles. The molecule has 0 spiro atoms. The molecule has 5 nitrogen and oxygen atoms in total. The fourth-order valence-corrected chi connectivity index (χ4v) is 1.91. The van der Waals surface area contributed by atoms with E-state index in [1.165, 1.54) is 12.4 Å². The number of carbonyl (C=O) groups excluding carboxylic acids is 1. The van der Waals surface area contributed by atoms with Gasteiger partial charge >= 0.3 is 0 Å². The highest BCUT2D eigenvalue weighted by atomic mass is 79.9. The Kier molecular flexibility index (Phi) is 4.36. The summed E-state index contributed by atoms with van der Waals surface area (Å²) in [5.41, 5.74) is 3.87. The van der Waals surface area contributed by atoms with Crippen LogP contribution in [0.2, 0.25) is 5.02 Å². The molecule has 0 aliphatic heterocycles. The van der Waals surface area contributed by atoms with Gasteiger partial charge in [-0.3, -0.25) is 15.6 Å². The third kappa shape index (κ3) is 3.23. The second-order valence-electron chi connectivity index (χ2n) is 3.65. The molecule has 0 aliphatic carbocycles. The van der Waals surface area contributed by atoms with Crippen molar-refractivity contribution in [3.05, 3.63) is 51.7 Å². The molecule has 4 N–H and O–H groups in total. The Bertz CT molecular complexity index is 620. The van der Waals surface area contributed by atoms with Crippen LogP contribution in [-0.4, -0.2) is 10.9 Å². The molecule has 19 heavy (non-hydrogen) atoms. The van der Waals surface area contributed by atoms with Crippen LogP contribution in [0.25, 0.3) is 0 Å². The topological polar surface area (TPSA) is 80.0 Å². The number of hydrogen-bond donors (Lipinski definition) is 3. The Morgan fingerprint density at radius 3 is 2.84 bits per heavy atom. The van der Waals surface area contributed by atoms with Crippen molar-refractivity contribution in [3.8, 4) is 0 Å². The Labute approximate surface area is 123 Å². The van der Waals surface area contributed by atoms with Gasteiger partial charge in [-0.05, 0) is 40.2 Å². The average Bonchev–Trinajstić information content (AvgIpc) is 2.43. The van der Waals surface area contributed by atoms with Crippen molar-refractivity contribution >= 4 is 44.8 Å². The molecular weight excluding hydrogens is 332 g/mol. The van der Waals surface area contributed by atoms with Gasteiger partial charge in [-0.2, -0.15) is 0 Å². The van der Waals surface area contributed by atoms with Crippen LogP contribution < -0.4 is 16.6 Å². The minimum absolute atomic E-state index is 0.297. The minimum atomic E-state index is -0.297. The third-order valence-corrected chi connectivity index (χ3v) is 3.63. The zero-order chi connectivity index (χ0) is 13.8. The van der Waals surface area contributed by atoms with Crippen molar-refractivity contribution in [2.24, 2.45) is 5.84 Å². The summed E-state index contributed by atoms with van der Waals surface area (Å²) >= 11 is 9.25. The van der Waals surface area contributed by atoms with Gasteiger partial charge in [-0.15, -0.1) is 0 Å². The first-order chi connectivity index (χ1) is 9.11. The smallest absolute Gasteiger partial charge is 0.257 e. The van der Waals surface area contributed by atoms with Gasteiger partial charge in [-0.25, -0.2) is 0 Å². The molecule has 1 heterocycles. The second-order valence-corrected chi connectivity index (χ2v) is 4.91. The molecular formula is C12H10BrClN4O. The van der Waals surface area contributed by atoms with E-state index in [9.17, 15) is 4.79 Å². The number of nitrogens with one attached hydrogen (secondary N) is 2. The average molecular weight is 342 g/mol. The van der Waals surface area contributed by atoms with Crippen molar-refractivity contribution in [2.45, 2.75) is 0 Å². The van der Waals surface area contributed by atoms with Crippen LogP contribution in [0.3, 0.4) is 0 Å². The third-order valence-electron chi connectivity index (χ3n) is 2.40. The number of nitrogens with two attached hydrogens (primary N) is 1. The first-order valence-corrected chi connectivity index (χ1v) is 6.46. The Morgan fingerprint density at radius 2 is 2.16 bits per heavy atom. The van der Waals surface area contributed by atoms with Crippen LogP contribution in [0.15, 0.2) is 41.1 Å². The largest absolute Gasteiger partial charge is 0.322 e. The highest BCUT2D eigenvalue weighted by molar-refractivity contribution is 9.10.